The number of piperidine rings is 1. The van der Waals surface area contributed by atoms with Crippen molar-refractivity contribution in [3.63, 3.8) is 0 Å². The zero-order valence-corrected chi connectivity index (χ0v) is 12.7. The molecule has 6 nitrogen and oxygen atoms in total. The van der Waals surface area contributed by atoms with Crippen molar-refractivity contribution in [2.24, 2.45) is 0 Å². The van der Waals surface area contributed by atoms with Gasteiger partial charge in [0.15, 0.2) is 0 Å². The van der Waals surface area contributed by atoms with Crippen LogP contribution in [-0.2, 0) is 10.3 Å². The first kappa shape index (κ1) is 14.0. The minimum Gasteiger partial charge on any atom is -0.361 e. The monoisotopic (exact) mass is 309 g/mol. The summed E-state index contributed by atoms with van der Waals surface area (Å²) in [5.74, 6) is -0.00224. The molecule has 0 aliphatic carbocycles. The zero-order chi connectivity index (χ0) is 15.7. The molecular formula is C17H19N5O. The van der Waals surface area contributed by atoms with Crippen molar-refractivity contribution < 1.29 is 4.79 Å². The lowest BCUT2D eigenvalue weighted by Gasteiger charge is -2.36. The van der Waals surface area contributed by atoms with Crippen molar-refractivity contribution in [2.45, 2.75) is 18.4 Å². The Bertz CT molecular complexity index is 815. The van der Waals surface area contributed by atoms with Crippen molar-refractivity contribution in [3.05, 3.63) is 48.9 Å². The maximum absolute atomic E-state index is 13.1. The Morgan fingerprint density at radius 2 is 2.13 bits per heavy atom. The maximum Gasteiger partial charge on any atom is 0.252 e. The third kappa shape index (κ3) is 2.41. The van der Waals surface area contributed by atoms with E-state index in [1.54, 1.807) is 10.9 Å². The number of rotatable bonds is 3. The van der Waals surface area contributed by atoms with E-state index in [1.165, 1.54) is 0 Å². The standard InChI is InChI=1S/C17H19N5O/c23-16(21-14-2-3-15-13(12-14)4-8-19-15)17(5-9-18-10-6-17)22-11-1-7-20-22/h1-4,7-8,11-12,18-19H,5-6,9-10H2,(H,21,23). The van der Waals surface area contributed by atoms with Crippen LogP contribution in [-0.4, -0.2) is 33.8 Å². The Kier molecular flexibility index (Phi) is 3.38. The summed E-state index contributed by atoms with van der Waals surface area (Å²) in [6, 6.07) is 9.76. The first-order valence-corrected chi connectivity index (χ1v) is 7.87. The summed E-state index contributed by atoms with van der Waals surface area (Å²) in [6.07, 6.45) is 6.96. The molecule has 0 spiro atoms. The summed E-state index contributed by atoms with van der Waals surface area (Å²) >= 11 is 0. The number of benzene rings is 1. The average Bonchev–Trinajstić information content (AvgIpc) is 3.27. The van der Waals surface area contributed by atoms with Gasteiger partial charge in [0.2, 0.25) is 0 Å². The van der Waals surface area contributed by atoms with Crippen molar-refractivity contribution in [2.75, 3.05) is 18.4 Å². The number of fused-ring (bicyclic) bond motifs is 1. The number of nitrogens with zero attached hydrogens (tertiary/aromatic N) is 2. The van der Waals surface area contributed by atoms with Gasteiger partial charge in [0.25, 0.3) is 5.91 Å². The number of aromatic nitrogens is 3. The van der Waals surface area contributed by atoms with Gasteiger partial charge in [-0.25, -0.2) is 0 Å². The van der Waals surface area contributed by atoms with Gasteiger partial charge in [0, 0.05) is 35.2 Å². The second-order valence-electron chi connectivity index (χ2n) is 5.97. The minimum atomic E-state index is -0.623. The van der Waals surface area contributed by atoms with Gasteiger partial charge in [-0.2, -0.15) is 5.10 Å². The van der Waals surface area contributed by atoms with E-state index in [0.29, 0.717) is 0 Å². The molecule has 4 rings (SSSR count). The van der Waals surface area contributed by atoms with Crippen LogP contribution in [0.2, 0.25) is 0 Å². The third-order valence-electron chi connectivity index (χ3n) is 4.61. The van der Waals surface area contributed by atoms with Crippen LogP contribution in [0.1, 0.15) is 12.8 Å². The highest BCUT2D eigenvalue weighted by Gasteiger charge is 2.42. The summed E-state index contributed by atoms with van der Waals surface area (Å²) < 4.78 is 1.80. The van der Waals surface area contributed by atoms with Gasteiger partial charge in [0.05, 0.1) is 0 Å². The first-order valence-electron chi connectivity index (χ1n) is 7.87. The number of hydrogen-bond acceptors (Lipinski definition) is 3. The van der Waals surface area contributed by atoms with Gasteiger partial charge >= 0.3 is 0 Å². The van der Waals surface area contributed by atoms with Crippen LogP contribution in [0.15, 0.2) is 48.9 Å². The molecule has 3 aromatic rings. The number of H-pyrrole nitrogens is 1. The van der Waals surface area contributed by atoms with Crippen LogP contribution in [0.5, 0.6) is 0 Å². The molecule has 0 saturated carbocycles. The van der Waals surface area contributed by atoms with Gasteiger partial charge in [-0.05, 0) is 56.3 Å². The molecule has 3 heterocycles. The molecule has 1 aliphatic rings. The Morgan fingerprint density at radius 1 is 1.26 bits per heavy atom. The molecule has 0 unspecified atom stereocenters. The Morgan fingerprint density at radius 3 is 2.91 bits per heavy atom. The number of amides is 1. The van der Waals surface area contributed by atoms with Crippen molar-refractivity contribution in [1.82, 2.24) is 20.1 Å². The molecule has 118 valence electrons. The molecular weight excluding hydrogens is 290 g/mol. The lowest BCUT2D eigenvalue weighted by Crippen LogP contribution is -2.52. The summed E-state index contributed by atoms with van der Waals surface area (Å²) in [5.41, 5.74) is 1.25. The summed E-state index contributed by atoms with van der Waals surface area (Å²) in [7, 11) is 0. The third-order valence-corrected chi connectivity index (χ3v) is 4.61. The second-order valence-corrected chi connectivity index (χ2v) is 5.97. The fourth-order valence-electron chi connectivity index (χ4n) is 3.30. The number of anilines is 1. The lowest BCUT2D eigenvalue weighted by molar-refractivity contribution is -0.126. The Hall–Kier alpha value is -2.60. The minimum absolute atomic E-state index is 0.00224. The quantitative estimate of drug-likeness (QED) is 0.693. The van der Waals surface area contributed by atoms with Crippen molar-refractivity contribution in [1.29, 1.82) is 0 Å². The lowest BCUT2D eigenvalue weighted by atomic mass is 9.87. The van der Waals surface area contributed by atoms with E-state index >= 15 is 0 Å². The van der Waals surface area contributed by atoms with Crippen LogP contribution in [0.25, 0.3) is 10.9 Å². The highest BCUT2D eigenvalue weighted by atomic mass is 16.2. The molecule has 1 aromatic carbocycles. The molecule has 0 atom stereocenters. The fourth-order valence-corrected chi connectivity index (χ4v) is 3.30. The number of carbonyl (C=O) groups is 1. The highest BCUT2D eigenvalue weighted by molar-refractivity contribution is 5.98. The van der Waals surface area contributed by atoms with Gasteiger partial charge in [-0.3, -0.25) is 9.48 Å². The van der Waals surface area contributed by atoms with E-state index in [-0.39, 0.29) is 5.91 Å². The fraction of sp³-hybridized carbons (Fsp3) is 0.294. The number of carbonyl (C=O) groups excluding carboxylic acids is 1. The Balaban J connectivity index is 1.64. The normalized spacial score (nSPS) is 17.2. The molecule has 2 aromatic heterocycles. The Labute approximate surface area is 133 Å². The predicted molar refractivity (Wildman–Crippen MR) is 89.2 cm³/mol. The molecule has 1 saturated heterocycles. The number of aromatic amines is 1. The molecule has 1 aliphatic heterocycles. The number of hydrogen-bond donors (Lipinski definition) is 3. The average molecular weight is 309 g/mol. The van der Waals surface area contributed by atoms with Crippen LogP contribution >= 0.6 is 0 Å². The van der Waals surface area contributed by atoms with Crippen LogP contribution in [0, 0.1) is 0 Å². The second kappa shape index (κ2) is 5.55. The van der Waals surface area contributed by atoms with E-state index in [0.717, 1.165) is 42.5 Å². The van der Waals surface area contributed by atoms with Crippen LogP contribution in [0.3, 0.4) is 0 Å². The van der Waals surface area contributed by atoms with Crippen molar-refractivity contribution in [3.8, 4) is 0 Å². The molecule has 0 bridgehead atoms. The highest BCUT2D eigenvalue weighted by Crippen LogP contribution is 2.29. The summed E-state index contributed by atoms with van der Waals surface area (Å²) in [6.45, 7) is 1.62. The molecule has 0 radical (unpaired) electrons. The molecule has 3 N–H and O–H groups in total. The van der Waals surface area contributed by atoms with E-state index in [2.05, 4.69) is 20.7 Å². The smallest absolute Gasteiger partial charge is 0.252 e. The van der Waals surface area contributed by atoms with E-state index < -0.39 is 5.54 Å². The predicted octanol–water partition coefficient (Wildman–Crippen LogP) is 2.08. The van der Waals surface area contributed by atoms with Gasteiger partial charge < -0.3 is 15.6 Å². The summed E-state index contributed by atoms with van der Waals surface area (Å²) in [5, 5.41) is 11.8. The van der Waals surface area contributed by atoms with Gasteiger partial charge in [0.1, 0.15) is 5.54 Å². The molecule has 6 heteroatoms. The van der Waals surface area contributed by atoms with Gasteiger partial charge in [-0.1, -0.05) is 0 Å². The first-order chi connectivity index (χ1) is 11.3. The molecule has 1 amide bonds. The topological polar surface area (TPSA) is 74.7 Å². The van der Waals surface area contributed by atoms with Crippen molar-refractivity contribution >= 4 is 22.5 Å². The van der Waals surface area contributed by atoms with E-state index in [9.17, 15) is 4.79 Å². The van der Waals surface area contributed by atoms with Gasteiger partial charge in [-0.15, -0.1) is 0 Å². The van der Waals surface area contributed by atoms with E-state index in [1.807, 2.05) is 42.7 Å². The van der Waals surface area contributed by atoms with E-state index in [4.69, 9.17) is 0 Å². The number of nitrogens with one attached hydrogen (secondary N) is 3. The molecule has 1 fully saturated rings. The summed E-state index contributed by atoms with van der Waals surface area (Å²) in [4.78, 5) is 16.2. The van der Waals surface area contributed by atoms with Crippen LogP contribution in [0.4, 0.5) is 5.69 Å². The SMILES string of the molecule is O=C(Nc1ccc2[nH]ccc2c1)C1(n2cccn2)CCNCC1. The molecule has 23 heavy (non-hydrogen) atoms. The van der Waals surface area contributed by atoms with Crippen LogP contribution < -0.4 is 10.6 Å². The zero-order valence-electron chi connectivity index (χ0n) is 12.7. The maximum atomic E-state index is 13.1. The largest absolute Gasteiger partial charge is 0.361 e.